The Morgan fingerprint density at radius 2 is 2.09 bits per heavy atom. The fourth-order valence-corrected chi connectivity index (χ4v) is 2.72. The van der Waals surface area contributed by atoms with Crippen molar-refractivity contribution in [3.05, 3.63) is 18.7 Å². The highest BCUT2D eigenvalue weighted by atomic mass is 16.5. The number of aryl methyl sites for hydroxylation is 1. The molecule has 23 heavy (non-hydrogen) atoms. The second-order valence-corrected chi connectivity index (χ2v) is 5.75. The Morgan fingerprint density at radius 3 is 2.74 bits per heavy atom. The molecule has 0 saturated carbocycles. The van der Waals surface area contributed by atoms with Gasteiger partial charge < -0.3 is 19.5 Å². The molecule has 1 aromatic rings. The lowest BCUT2D eigenvalue weighted by Gasteiger charge is -2.30. The zero-order valence-electron chi connectivity index (χ0n) is 13.7. The van der Waals surface area contributed by atoms with Crippen molar-refractivity contribution in [2.75, 3.05) is 26.2 Å². The zero-order chi connectivity index (χ0) is 16.5. The number of hydrogen-bond acceptors (Lipinski definition) is 4. The summed E-state index contributed by atoms with van der Waals surface area (Å²) in [5, 5.41) is 2.95. The Hall–Kier alpha value is -2.05. The van der Waals surface area contributed by atoms with Crippen LogP contribution in [-0.4, -0.2) is 52.7 Å². The Bertz CT molecular complexity index is 482. The van der Waals surface area contributed by atoms with E-state index < -0.39 is 0 Å². The van der Waals surface area contributed by atoms with Crippen LogP contribution in [0.3, 0.4) is 0 Å². The summed E-state index contributed by atoms with van der Waals surface area (Å²) in [6, 6.07) is -0.0325. The molecule has 0 aromatic carbocycles. The Morgan fingerprint density at radius 1 is 1.30 bits per heavy atom. The maximum atomic E-state index is 12.1. The first-order valence-electron chi connectivity index (χ1n) is 8.36. The molecule has 1 fully saturated rings. The summed E-state index contributed by atoms with van der Waals surface area (Å²) in [4.78, 5) is 29.5. The first kappa shape index (κ1) is 17.3. The van der Waals surface area contributed by atoms with Gasteiger partial charge in [0.25, 0.3) is 0 Å². The Balaban J connectivity index is 1.57. The molecule has 1 saturated heterocycles. The minimum atomic E-state index is -0.132. The van der Waals surface area contributed by atoms with Crippen LogP contribution in [0.1, 0.15) is 32.6 Å². The summed E-state index contributed by atoms with van der Waals surface area (Å²) in [6.45, 7) is 5.05. The number of ether oxygens (including phenoxy) is 1. The van der Waals surface area contributed by atoms with Gasteiger partial charge in [0.1, 0.15) is 0 Å². The number of likely N-dealkylation sites (tertiary alicyclic amines) is 1. The maximum absolute atomic E-state index is 12.1. The van der Waals surface area contributed by atoms with Gasteiger partial charge in [0.05, 0.1) is 18.9 Å². The lowest BCUT2D eigenvalue weighted by Crippen LogP contribution is -2.45. The smallest absolute Gasteiger partial charge is 0.317 e. The number of carbonyl (C=O) groups is 2. The van der Waals surface area contributed by atoms with Crippen molar-refractivity contribution in [1.82, 2.24) is 19.8 Å². The van der Waals surface area contributed by atoms with Crippen molar-refractivity contribution < 1.29 is 14.3 Å². The van der Waals surface area contributed by atoms with Crippen LogP contribution >= 0.6 is 0 Å². The number of urea groups is 1. The molecular weight excluding hydrogens is 296 g/mol. The van der Waals surface area contributed by atoms with Gasteiger partial charge in [-0.1, -0.05) is 0 Å². The van der Waals surface area contributed by atoms with Crippen molar-refractivity contribution in [3.63, 3.8) is 0 Å². The third-order valence-corrected chi connectivity index (χ3v) is 4.08. The first-order chi connectivity index (χ1) is 11.2. The zero-order valence-corrected chi connectivity index (χ0v) is 13.7. The highest BCUT2D eigenvalue weighted by molar-refractivity contribution is 5.76. The van der Waals surface area contributed by atoms with E-state index >= 15 is 0 Å². The fourth-order valence-electron chi connectivity index (χ4n) is 2.72. The van der Waals surface area contributed by atoms with Gasteiger partial charge in [-0.15, -0.1) is 0 Å². The summed E-state index contributed by atoms with van der Waals surface area (Å²) >= 11 is 0. The van der Waals surface area contributed by atoms with Crippen LogP contribution in [0.4, 0.5) is 4.79 Å². The van der Waals surface area contributed by atoms with E-state index in [-0.39, 0.29) is 17.9 Å². The molecule has 7 nitrogen and oxygen atoms in total. The van der Waals surface area contributed by atoms with E-state index in [2.05, 4.69) is 10.3 Å². The molecule has 1 aliphatic heterocycles. The highest BCUT2D eigenvalue weighted by Crippen LogP contribution is 2.18. The molecule has 0 aliphatic carbocycles. The Kier molecular flexibility index (Phi) is 6.90. The number of esters is 1. The van der Waals surface area contributed by atoms with E-state index in [9.17, 15) is 9.59 Å². The normalized spacial score (nSPS) is 15.4. The summed E-state index contributed by atoms with van der Waals surface area (Å²) < 4.78 is 7.06. The number of hydrogen-bond donors (Lipinski definition) is 1. The quantitative estimate of drug-likeness (QED) is 0.612. The number of carbonyl (C=O) groups excluding carboxylic acids is 2. The second-order valence-electron chi connectivity index (χ2n) is 5.75. The molecular formula is C16H26N4O3. The number of nitrogens with one attached hydrogen (secondary N) is 1. The molecule has 2 amide bonds. The average molecular weight is 322 g/mol. The molecule has 0 unspecified atom stereocenters. The molecule has 0 bridgehead atoms. The fraction of sp³-hybridized carbons (Fsp3) is 0.688. The molecule has 2 rings (SSSR count). The average Bonchev–Trinajstić information content (AvgIpc) is 3.08. The van der Waals surface area contributed by atoms with Gasteiger partial charge in [-0.25, -0.2) is 9.78 Å². The van der Waals surface area contributed by atoms with Crippen LogP contribution in [0, 0.1) is 5.92 Å². The third-order valence-electron chi connectivity index (χ3n) is 4.08. The van der Waals surface area contributed by atoms with E-state index in [1.807, 2.05) is 17.7 Å². The molecule has 2 heterocycles. The molecule has 7 heteroatoms. The van der Waals surface area contributed by atoms with Gasteiger partial charge in [0.2, 0.25) is 0 Å². The van der Waals surface area contributed by atoms with Crippen LogP contribution in [0.5, 0.6) is 0 Å². The SMILES string of the molecule is CCOC(=O)C1CCN(C(=O)NCCCCn2ccnc2)CC1. The van der Waals surface area contributed by atoms with Gasteiger partial charge in [0.15, 0.2) is 0 Å². The molecule has 1 aromatic heterocycles. The molecule has 1 aliphatic rings. The van der Waals surface area contributed by atoms with Crippen LogP contribution in [0.25, 0.3) is 0 Å². The third kappa shape index (κ3) is 5.58. The summed E-state index contributed by atoms with van der Waals surface area (Å²) in [6.07, 6.45) is 8.81. The molecule has 1 N–H and O–H groups in total. The van der Waals surface area contributed by atoms with Crippen molar-refractivity contribution in [3.8, 4) is 0 Å². The van der Waals surface area contributed by atoms with E-state index in [1.54, 1.807) is 17.4 Å². The van der Waals surface area contributed by atoms with E-state index in [4.69, 9.17) is 4.74 Å². The topological polar surface area (TPSA) is 76.5 Å². The predicted molar refractivity (Wildman–Crippen MR) is 85.8 cm³/mol. The summed E-state index contributed by atoms with van der Waals surface area (Å²) in [7, 11) is 0. The van der Waals surface area contributed by atoms with E-state index in [0.29, 0.717) is 39.1 Å². The van der Waals surface area contributed by atoms with Crippen LogP contribution in [0.2, 0.25) is 0 Å². The monoisotopic (exact) mass is 322 g/mol. The summed E-state index contributed by atoms with van der Waals surface area (Å²) in [5.41, 5.74) is 0. The predicted octanol–water partition coefficient (Wildman–Crippen LogP) is 1.65. The molecule has 128 valence electrons. The van der Waals surface area contributed by atoms with Gasteiger partial charge in [-0.2, -0.15) is 0 Å². The minimum absolute atomic E-state index is 0.0325. The number of amides is 2. The molecule has 0 radical (unpaired) electrons. The van der Waals surface area contributed by atoms with Crippen LogP contribution < -0.4 is 5.32 Å². The van der Waals surface area contributed by atoms with E-state index in [0.717, 1.165) is 19.4 Å². The van der Waals surface area contributed by atoms with Gasteiger partial charge >= 0.3 is 12.0 Å². The van der Waals surface area contributed by atoms with Crippen molar-refractivity contribution >= 4 is 12.0 Å². The first-order valence-corrected chi connectivity index (χ1v) is 8.36. The number of piperidine rings is 1. The van der Waals surface area contributed by atoms with Crippen LogP contribution in [-0.2, 0) is 16.1 Å². The number of nitrogens with zero attached hydrogens (tertiary/aromatic N) is 3. The second kappa shape index (κ2) is 9.17. The maximum Gasteiger partial charge on any atom is 0.317 e. The number of aromatic nitrogens is 2. The van der Waals surface area contributed by atoms with E-state index in [1.165, 1.54) is 0 Å². The number of unbranched alkanes of at least 4 members (excludes halogenated alkanes) is 1. The Labute approximate surface area is 137 Å². The molecule has 0 spiro atoms. The van der Waals surface area contributed by atoms with Crippen molar-refractivity contribution in [2.45, 2.75) is 39.2 Å². The number of rotatable bonds is 7. The van der Waals surface area contributed by atoms with Gasteiger partial charge in [-0.3, -0.25) is 4.79 Å². The van der Waals surface area contributed by atoms with Gasteiger partial charge in [0, 0.05) is 38.6 Å². The highest BCUT2D eigenvalue weighted by Gasteiger charge is 2.27. The summed E-state index contributed by atoms with van der Waals surface area (Å²) in [5.74, 6) is -0.193. The standard InChI is InChI=1S/C16H26N4O3/c1-2-23-15(21)14-5-10-20(11-6-14)16(22)18-7-3-4-9-19-12-8-17-13-19/h8,12-14H,2-7,9-11H2,1H3,(H,18,22). The van der Waals surface area contributed by atoms with Crippen LogP contribution in [0.15, 0.2) is 18.7 Å². The van der Waals surface area contributed by atoms with Gasteiger partial charge in [-0.05, 0) is 32.6 Å². The largest absolute Gasteiger partial charge is 0.466 e. The lowest BCUT2D eigenvalue weighted by atomic mass is 9.97. The van der Waals surface area contributed by atoms with Crippen molar-refractivity contribution in [2.24, 2.45) is 5.92 Å². The van der Waals surface area contributed by atoms with Crippen molar-refractivity contribution in [1.29, 1.82) is 0 Å². The minimum Gasteiger partial charge on any atom is -0.466 e. The number of imidazole rings is 1. The molecule has 0 atom stereocenters. The lowest BCUT2D eigenvalue weighted by molar-refractivity contribution is -0.149.